The highest BCUT2D eigenvalue weighted by Gasteiger charge is 2.24. The number of carbonyl (C=O) groups is 1. The molecule has 8 heteroatoms. The van der Waals surface area contributed by atoms with E-state index in [1.807, 2.05) is 31.8 Å². The molecule has 4 aromatic rings. The third-order valence-corrected chi connectivity index (χ3v) is 6.48. The number of hydrogen-bond acceptors (Lipinski definition) is 5. The average molecular weight is 450 g/mol. The highest BCUT2D eigenvalue weighted by molar-refractivity contribution is 5.93. The quantitative estimate of drug-likeness (QED) is 0.481. The highest BCUT2D eigenvalue weighted by atomic mass is 16.1. The second kappa shape index (κ2) is 8.84. The van der Waals surface area contributed by atoms with Crippen LogP contribution in [0.1, 0.15) is 42.9 Å². The van der Waals surface area contributed by atoms with Gasteiger partial charge in [-0.05, 0) is 43.7 Å². The smallest absolute Gasteiger partial charge is 0.295 e. The Morgan fingerprint density at radius 1 is 1.09 bits per heavy atom. The summed E-state index contributed by atoms with van der Waals surface area (Å²) in [6.07, 6.45) is 18.0. The van der Waals surface area contributed by atoms with Crippen molar-refractivity contribution in [2.24, 2.45) is 7.05 Å². The fraction of sp³-hybridized carbons (Fsp3) is 0.269. The summed E-state index contributed by atoms with van der Waals surface area (Å²) in [6, 6.07) is 8.57. The standard InChI is InChI=1S/C26H23N7O/c1-3-25(34)31-22-7-4-17(5-8-22)24-9-6-18(12-28-24)23-10-19(21-14-29-32(2)15-21)16-33-26(23)20(11-27)13-30-33/h1,6,9-10,12-17,22H,4-5,7-8H2,2H3,(H,31,34). The molecule has 1 amide bonds. The van der Waals surface area contributed by atoms with Gasteiger partial charge in [0.05, 0.1) is 23.5 Å². The van der Waals surface area contributed by atoms with E-state index in [0.717, 1.165) is 59.1 Å². The molecule has 4 heterocycles. The number of terminal acetylenes is 1. The van der Waals surface area contributed by atoms with E-state index in [9.17, 15) is 10.1 Å². The van der Waals surface area contributed by atoms with Gasteiger partial charge in [0.1, 0.15) is 6.07 Å². The Bertz CT molecular complexity index is 1440. The van der Waals surface area contributed by atoms with Gasteiger partial charge in [-0.25, -0.2) is 4.52 Å². The summed E-state index contributed by atoms with van der Waals surface area (Å²) in [5, 5.41) is 21.2. The minimum atomic E-state index is -0.345. The fourth-order valence-corrected chi connectivity index (χ4v) is 4.72. The van der Waals surface area contributed by atoms with E-state index in [4.69, 9.17) is 11.4 Å². The average Bonchev–Trinajstić information content (AvgIpc) is 3.50. The highest BCUT2D eigenvalue weighted by Crippen LogP contribution is 2.35. The molecule has 168 valence electrons. The molecule has 0 atom stereocenters. The summed E-state index contributed by atoms with van der Waals surface area (Å²) in [5.74, 6) is 2.12. The van der Waals surface area contributed by atoms with Crippen molar-refractivity contribution in [1.82, 2.24) is 29.7 Å². The van der Waals surface area contributed by atoms with Crippen LogP contribution in [-0.4, -0.2) is 36.3 Å². The van der Waals surface area contributed by atoms with Crippen molar-refractivity contribution in [3.05, 3.63) is 60.4 Å². The molecular formula is C26H23N7O. The molecule has 0 unspecified atom stereocenters. The van der Waals surface area contributed by atoms with E-state index in [2.05, 4.69) is 45.7 Å². The van der Waals surface area contributed by atoms with Crippen molar-refractivity contribution in [2.75, 3.05) is 0 Å². The first-order valence-electron chi connectivity index (χ1n) is 11.2. The Balaban J connectivity index is 1.44. The lowest BCUT2D eigenvalue weighted by Gasteiger charge is -2.28. The maximum atomic E-state index is 11.4. The van der Waals surface area contributed by atoms with Crippen LogP contribution in [-0.2, 0) is 11.8 Å². The second-order valence-corrected chi connectivity index (χ2v) is 8.65. The third-order valence-electron chi connectivity index (χ3n) is 6.48. The van der Waals surface area contributed by atoms with E-state index in [1.165, 1.54) is 0 Å². The van der Waals surface area contributed by atoms with E-state index in [-0.39, 0.29) is 11.9 Å². The Labute approximate surface area is 197 Å². The molecule has 1 N–H and O–H groups in total. The first kappa shape index (κ1) is 21.4. The molecule has 5 rings (SSSR count). The van der Waals surface area contributed by atoms with Gasteiger partial charge in [0.2, 0.25) is 0 Å². The van der Waals surface area contributed by atoms with Crippen molar-refractivity contribution in [2.45, 2.75) is 37.6 Å². The van der Waals surface area contributed by atoms with Gasteiger partial charge in [-0.1, -0.05) is 6.07 Å². The molecular weight excluding hydrogens is 426 g/mol. The fourth-order valence-electron chi connectivity index (χ4n) is 4.72. The normalized spacial score (nSPS) is 17.7. The van der Waals surface area contributed by atoms with Crippen LogP contribution < -0.4 is 5.32 Å². The van der Waals surface area contributed by atoms with E-state index >= 15 is 0 Å². The van der Waals surface area contributed by atoms with Gasteiger partial charge >= 0.3 is 0 Å². The van der Waals surface area contributed by atoms with Gasteiger partial charge < -0.3 is 5.32 Å². The number of nitrogens with one attached hydrogen (secondary N) is 1. The van der Waals surface area contributed by atoms with Gasteiger partial charge in [-0.2, -0.15) is 15.5 Å². The van der Waals surface area contributed by atoms with Gasteiger partial charge in [0.25, 0.3) is 5.91 Å². The van der Waals surface area contributed by atoms with Crippen LogP contribution >= 0.6 is 0 Å². The van der Waals surface area contributed by atoms with Crippen molar-refractivity contribution in [1.29, 1.82) is 5.26 Å². The molecule has 0 bridgehead atoms. The largest absolute Gasteiger partial charge is 0.343 e. The molecule has 0 aliphatic heterocycles. The lowest BCUT2D eigenvalue weighted by molar-refractivity contribution is -0.116. The number of fused-ring (bicyclic) bond motifs is 1. The molecule has 1 aliphatic carbocycles. The minimum absolute atomic E-state index is 0.133. The number of amides is 1. The molecule has 1 saturated carbocycles. The summed E-state index contributed by atoms with van der Waals surface area (Å²) in [4.78, 5) is 16.2. The molecule has 8 nitrogen and oxygen atoms in total. The van der Waals surface area contributed by atoms with Crippen LogP contribution in [0.2, 0.25) is 0 Å². The van der Waals surface area contributed by atoms with Crippen LogP contribution in [0.4, 0.5) is 0 Å². The number of nitriles is 1. The van der Waals surface area contributed by atoms with Crippen LogP contribution in [0.25, 0.3) is 27.8 Å². The van der Waals surface area contributed by atoms with Crippen LogP contribution in [0, 0.1) is 23.7 Å². The lowest BCUT2D eigenvalue weighted by atomic mass is 9.83. The first-order valence-corrected chi connectivity index (χ1v) is 11.2. The molecule has 4 aromatic heterocycles. The number of rotatable bonds is 4. The first-order chi connectivity index (χ1) is 16.6. The number of aryl methyl sites for hydroxylation is 1. The Morgan fingerprint density at radius 3 is 2.56 bits per heavy atom. The SMILES string of the molecule is C#CC(=O)NC1CCC(c2ccc(-c3cc(-c4cnn(C)c4)cn4ncc(C#N)c34)cn2)CC1. The van der Waals surface area contributed by atoms with Crippen molar-refractivity contribution >= 4 is 11.4 Å². The zero-order valence-electron chi connectivity index (χ0n) is 18.8. The molecule has 0 saturated heterocycles. The minimum Gasteiger partial charge on any atom is -0.343 e. The van der Waals surface area contributed by atoms with Crippen LogP contribution in [0.5, 0.6) is 0 Å². The zero-order chi connectivity index (χ0) is 23.7. The molecule has 1 fully saturated rings. The second-order valence-electron chi connectivity index (χ2n) is 8.65. The van der Waals surface area contributed by atoms with Crippen molar-refractivity contribution < 1.29 is 4.79 Å². The predicted molar refractivity (Wildman–Crippen MR) is 127 cm³/mol. The predicted octanol–water partition coefficient (Wildman–Crippen LogP) is 3.44. The maximum Gasteiger partial charge on any atom is 0.295 e. The Kier molecular flexibility index (Phi) is 5.57. The number of nitrogens with zero attached hydrogens (tertiary/aromatic N) is 6. The van der Waals surface area contributed by atoms with Crippen molar-refractivity contribution in [3.8, 4) is 40.7 Å². The number of carbonyl (C=O) groups excluding carboxylic acids is 1. The van der Waals surface area contributed by atoms with Gasteiger partial charge in [-0.15, -0.1) is 6.42 Å². The van der Waals surface area contributed by atoms with Crippen LogP contribution in [0.3, 0.4) is 0 Å². The number of aromatic nitrogens is 5. The van der Waals surface area contributed by atoms with E-state index < -0.39 is 0 Å². The summed E-state index contributed by atoms with van der Waals surface area (Å²) in [7, 11) is 1.88. The van der Waals surface area contributed by atoms with Gasteiger partial charge in [-0.3, -0.25) is 14.5 Å². The Morgan fingerprint density at radius 2 is 1.91 bits per heavy atom. The van der Waals surface area contributed by atoms with E-state index in [0.29, 0.717) is 11.5 Å². The summed E-state index contributed by atoms with van der Waals surface area (Å²) >= 11 is 0. The molecule has 0 aromatic carbocycles. The topological polar surface area (TPSA) is 101 Å². The summed E-state index contributed by atoms with van der Waals surface area (Å²) in [6.45, 7) is 0. The third kappa shape index (κ3) is 4.02. The van der Waals surface area contributed by atoms with E-state index in [1.54, 1.807) is 15.4 Å². The number of pyridine rings is 2. The summed E-state index contributed by atoms with van der Waals surface area (Å²) in [5.41, 5.74) is 6.07. The lowest BCUT2D eigenvalue weighted by Crippen LogP contribution is -2.36. The molecule has 0 radical (unpaired) electrons. The molecule has 34 heavy (non-hydrogen) atoms. The molecule has 0 spiro atoms. The monoisotopic (exact) mass is 449 g/mol. The van der Waals surface area contributed by atoms with Crippen molar-refractivity contribution in [3.63, 3.8) is 0 Å². The van der Waals surface area contributed by atoms with Crippen LogP contribution in [0.15, 0.2) is 49.2 Å². The maximum absolute atomic E-state index is 11.4. The summed E-state index contributed by atoms with van der Waals surface area (Å²) < 4.78 is 3.50. The van der Waals surface area contributed by atoms with Gasteiger partial charge in [0.15, 0.2) is 0 Å². The number of hydrogen-bond donors (Lipinski definition) is 1. The zero-order valence-corrected chi connectivity index (χ0v) is 18.8. The van der Waals surface area contributed by atoms with Gasteiger partial charge in [0, 0.05) is 65.5 Å². The molecule has 1 aliphatic rings. The Hall–Kier alpha value is -4.43.